The van der Waals surface area contributed by atoms with Crippen LogP contribution in [0.1, 0.15) is 33.5 Å². The molecule has 0 atom stereocenters. The molecular formula is C18H17NO2. The summed E-state index contributed by atoms with van der Waals surface area (Å²) in [6, 6.07) is 15.4. The number of carbonyl (C=O) groups excluding carboxylic acids is 1. The molecule has 3 nitrogen and oxygen atoms in total. The molecule has 0 aromatic heterocycles. The van der Waals surface area contributed by atoms with Crippen LogP contribution in [0.3, 0.4) is 0 Å². The van der Waals surface area contributed by atoms with E-state index in [1.54, 1.807) is 12.1 Å². The van der Waals surface area contributed by atoms with Crippen molar-refractivity contribution in [3.05, 3.63) is 64.7 Å². The molecular weight excluding hydrogens is 262 g/mol. The molecule has 2 aromatic carbocycles. The van der Waals surface area contributed by atoms with Gasteiger partial charge in [0.05, 0.1) is 12.5 Å². The van der Waals surface area contributed by atoms with Gasteiger partial charge in [0.2, 0.25) is 0 Å². The quantitative estimate of drug-likeness (QED) is 0.778. The number of carbonyl (C=O) groups is 1. The van der Waals surface area contributed by atoms with Crippen molar-refractivity contribution in [2.45, 2.75) is 26.9 Å². The summed E-state index contributed by atoms with van der Waals surface area (Å²) in [5.41, 5.74) is 3.49. The van der Waals surface area contributed by atoms with Crippen LogP contribution in [0.4, 0.5) is 0 Å². The number of rotatable bonds is 5. The standard InChI is InChI=1S/C18H17NO2/c1-13-10-16(17(20)8-9-19)11-14(2)18(13)21-12-15-6-4-3-5-7-15/h3-7,10-11H,8,12H2,1-2H3. The van der Waals surface area contributed by atoms with Crippen molar-refractivity contribution in [1.82, 2.24) is 0 Å². The number of hydrogen-bond acceptors (Lipinski definition) is 3. The second-order valence-electron chi connectivity index (χ2n) is 4.97. The third-order valence-corrected chi connectivity index (χ3v) is 3.25. The van der Waals surface area contributed by atoms with Crippen LogP contribution in [-0.4, -0.2) is 5.78 Å². The molecule has 3 heteroatoms. The van der Waals surface area contributed by atoms with Crippen molar-refractivity contribution >= 4 is 5.78 Å². The molecule has 0 aliphatic heterocycles. The summed E-state index contributed by atoms with van der Waals surface area (Å²) < 4.78 is 5.87. The summed E-state index contributed by atoms with van der Waals surface area (Å²) >= 11 is 0. The molecule has 0 aliphatic rings. The molecule has 0 saturated heterocycles. The zero-order valence-corrected chi connectivity index (χ0v) is 12.2. The van der Waals surface area contributed by atoms with E-state index in [0.29, 0.717) is 12.2 Å². The predicted octanol–water partition coefficient (Wildman–Crippen LogP) is 3.98. The first kappa shape index (κ1) is 14.8. The smallest absolute Gasteiger partial charge is 0.176 e. The largest absolute Gasteiger partial charge is 0.488 e. The Bertz CT molecular complexity index is 661. The van der Waals surface area contributed by atoms with E-state index in [9.17, 15) is 4.79 Å². The Kier molecular flexibility index (Phi) is 4.73. The third-order valence-electron chi connectivity index (χ3n) is 3.25. The van der Waals surface area contributed by atoms with Crippen LogP contribution in [0.15, 0.2) is 42.5 Å². The topological polar surface area (TPSA) is 50.1 Å². The summed E-state index contributed by atoms with van der Waals surface area (Å²) in [4.78, 5) is 11.8. The van der Waals surface area contributed by atoms with Crippen LogP contribution in [0.5, 0.6) is 5.75 Å². The molecule has 2 aromatic rings. The minimum absolute atomic E-state index is 0.0941. The van der Waals surface area contributed by atoms with Crippen molar-refractivity contribution in [1.29, 1.82) is 5.26 Å². The van der Waals surface area contributed by atoms with Gasteiger partial charge in [0.25, 0.3) is 0 Å². The second-order valence-corrected chi connectivity index (χ2v) is 4.97. The average molecular weight is 279 g/mol. The van der Waals surface area contributed by atoms with Gasteiger partial charge in [0, 0.05) is 5.56 Å². The maximum atomic E-state index is 11.8. The number of nitriles is 1. The number of ketones is 1. The van der Waals surface area contributed by atoms with E-state index in [4.69, 9.17) is 10.00 Å². The summed E-state index contributed by atoms with van der Waals surface area (Å²) in [5, 5.41) is 8.61. The zero-order chi connectivity index (χ0) is 15.2. The highest BCUT2D eigenvalue weighted by atomic mass is 16.5. The molecule has 0 heterocycles. The van der Waals surface area contributed by atoms with Gasteiger partial charge >= 0.3 is 0 Å². The van der Waals surface area contributed by atoms with Gasteiger partial charge in [-0.3, -0.25) is 4.79 Å². The third kappa shape index (κ3) is 3.70. The highest BCUT2D eigenvalue weighted by Crippen LogP contribution is 2.26. The van der Waals surface area contributed by atoms with E-state index in [1.165, 1.54) is 0 Å². The Labute approximate surface area is 124 Å². The first-order valence-electron chi connectivity index (χ1n) is 6.80. The maximum absolute atomic E-state index is 11.8. The van der Waals surface area contributed by atoms with E-state index in [-0.39, 0.29) is 12.2 Å². The molecule has 21 heavy (non-hydrogen) atoms. The highest BCUT2D eigenvalue weighted by Gasteiger charge is 2.11. The fourth-order valence-corrected chi connectivity index (χ4v) is 2.24. The van der Waals surface area contributed by atoms with Gasteiger partial charge in [0.15, 0.2) is 5.78 Å². The molecule has 0 saturated carbocycles. The number of hydrogen-bond donors (Lipinski definition) is 0. The molecule has 0 spiro atoms. The first-order valence-corrected chi connectivity index (χ1v) is 6.80. The minimum Gasteiger partial charge on any atom is -0.488 e. The lowest BCUT2D eigenvalue weighted by Crippen LogP contribution is -2.03. The molecule has 0 radical (unpaired) electrons. The minimum atomic E-state index is -0.154. The van der Waals surface area contributed by atoms with Crippen LogP contribution in [0, 0.1) is 25.2 Å². The Hall–Kier alpha value is -2.60. The van der Waals surface area contributed by atoms with Crippen molar-refractivity contribution in [3.8, 4) is 11.8 Å². The molecule has 2 rings (SSSR count). The van der Waals surface area contributed by atoms with Crippen LogP contribution in [0.25, 0.3) is 0 Å². The number of ether oxygens (including phenoxy) is 1. The second kappa shape index (κ2) is 6.71. The van der Waals surface area contributed by atoms with Crippen LogP contribution >= 0.6 is 0 Å². The average Bonchev–Trinajstić information content (AvgIpc) is 2.47. The molecule has 0 N–H and O–H groups in total. The van der Waals surface area contributed by atoms with Crippen LogP contribution in [0.2, 0.25) is 0 Å². The van der Waals surface area contributed by atoms with Gasteiger partial charge in [-0.25, -0.2) is 0 Å². The van der Waals surface area contributed by atoms with Crippen LogP contribution in [-0.2, 0) is 6.61 Å². The number of benzene rings is 2. The first-order chi connectivity index (χ1) is 10.1. The van der Waals surface area contributed by atoms with Gasteiger partial charge < -0.3 is 4.74 Å². The van der Waals surface area contributed by atoms with Crippen molar-refractivity contribution < 1.29 is 9.53 Å². The molecule has 0 amide bonds. The summed E-state index contributed by atoms with van der Waals surface area (Å²) in [5.74, 6) is 0.644. The predicted molar refractivity (Wildman–Crippen MR) is 81.3 cm³/mol. The van der Waals surface area contributed by atoms with Crippen molar-refractivity contribution in [2.75, 3.05) is 0 Å². The molecule has 106 valence electrons. The zero-order valence-electron chi connectivity index (χ0n) is 12.2. The lowest BCUT2D eigenvalue weighted by Gasteiger charge is -2.13. The fourth-order valence-electron chi connectivity index (χ4n) is 2.24. The highest BCUT2D eigenvalue weighted by molar-refractivity contribution is 5.97. The SMILES string of the molecule is Cc1cc(C(=O)CC#N)cc(C)c1OCc1ccccc1. The molecule has 0 bridgehead atoms. The maximum Gasteiger partial charge on any atom is 0.176 e. The Morgan fingerprint density at radius 2 is 1.76 bits per heavy atom. The van der Waals surface area contributed by atoms with Crippen LogP contribution < -0.4 is 4.74 Å². The number of Topliss-reactive ketones (excluding diaryl/α,β-unsaturated/α-hetero) is 1. The van der Waals surface area contributed by atoms with Crippen molar-refractivity contribution in [2.24, 2.45) is 0 Å². The van der Waals surface area contributed by atoms with E-state index < -0.39 is 0 Å². The summed E-state index contributed by atoms with van der Waals surface area (Å²) in [7, 11) is 0. The number of aryl methyl sites for hydroxylation is 2. The lowest BCUT2D eigenvalue weighted by molar-refractivity contribution is 0.0997. The monoisotopic (exact) mass is 279 g/mol. The fraction of sp³-hybridized carbons (Fsp3) is 0.222. The number of nitrogens with zero attached hydrogens (tertiary/aromatic N) is 1. The van der Waals surface area contributed by atoms with Gasteiger partial charge in [-0.15, -0.1) is 0 Å². The lowest BCUT2D eigenvalue weighted by atomic mass is 10.0. The Morgan fingerprint density at radius 3 is 2.33 bits per heavy atom. The van der Waals surface area contributed by atoms with Crippen molar-refractivity contribution in [3.63, 3.8) is 0 Å². The summed E-state index contributed by atoms with van der Waals surface area (Å²) in [6.45, 7) is 4.32. The van der Waals surface area contributed by atoms with E-state index >= 15 is 0 Å². The molecule has 0 unspecified atom stereocenters. The Balaban J connectivity index is 2.18. The molecule has 0 fully saturated rings. The molecule has 0 aliphatic carbocycles. The Morgan fingerprint density at radius 1 is 1.14 bits per heavy atom. The van der Waals surface area contributed by atoms with Gasteiger partial charge in [-0.2, -0.15) is 5.26 Å². The van der Waals surface area contributed by atoms with Gasteiger partial charge in [-0.1, -0.05) is 30.3 Å². The van der Waals surface area contributed by atoms with E-state index in [1.807, 2.05) is 50.2 Å². The van der Waals surface area contributed by atoms with Gasteiger partial charge in [-0.05, 0) is 42.7 Å². The van der Waals surface area contributed by atoms with E-state index in [0.717, 1.165) is 22.4 Å². The van der Waals surface area contributed by atoms with E-state index in [2.05, 4.69) is 0 Å². The van der Waals surface area contributed by atoms with Gasteiger partial charge in [0.1, 0.15) is 12.4 Å². The summed E-state index contributed by atoms with van der Waals surface area (Å²) in [6.07, 6.45) is -0.0941. The normalized spacial score (nSPS) is 9.95.